The van der Waals surface area contributed by atoms with Crippen molar-refractivity contribution in [3.63, 3.8) is 0 Å². The number of ether oxygens (including phenoxy) is 2. The van der Waals surface area contributed by atoms with E-state index in [2.05, 4.69) is 10.2 Å². The minimum absolute atomic E-state index is 0.0437. The first kappa shape index (κ1) is 26.6. The fourth-order valence-corrected chi connectivity index (χ4v) is 4.58. The van der Waals surface area contributed by atoms with Gasteiger partial charge in [0.2, 0.25) is 0 Å². The average molecular weight is 508 g/mol. The lowest BCUT2D eigenvalue weighted by molar-refractivity contribution is -0.133. The van der Waals surface area contributed by atoms with Crippen LogP contribution < -0.4 is 10.1 Å². The van der Waals surface area contributed by atoms with Gasteiger partial charge in [0.05, 0.1) is 32.1 Å². The molecular formula is C28H37N5O4. The number of methoxy groups -OCH3 is 1. The first-order valence-electron chi connectivity index (χ1n) is 12.9. The molecule has 0 bridgehead atoms. The van der Waals surface area contributed by atoms with Crippen molar-refractivity contribution in [1.29, 1.82) is 0 Å². The van der Waals surface area contributed by atoms with Crippen molar-refractivity contribution in [2.24, 2.45) is 5.10 Å². The van der Waals surface area contributed by atoms with Gasteiger partial charge >= 0.3 is 6.03 Å². The molecule has 2 aromatic carbocycles. The number of carbonyl (C=O) groups excluding carboxylic acids is 2. The van der Waals surface area contributed by atoms with E-state index in [0.29, 0.717) is 39.3 Å². The second-order valence-electron chi connectivity index (χ2n) is 9.36. The highest BCUT2D eigenvalue weighted by Gasteiger charge is 2.34. The van der Waals surface area contributed by atoms with Crippen LogP contribution in [0.4, 0.5) is 4.79 Å². The fourth-order valence-electron chi connectivity index (χ4n) is 4.58. The predicted octanol–water partition coefficient (Wildman–Crippen LogP) is 3.05. The van der Waals surface area contributed by atoms with Gasteiger partial charge in [0, 0.05) is 39.1 Å². The van der Waals surface area contributed by atoms with Gasteiger partial charge in [-0.15, -0.1) is 0 Å². The van der Waals surface area contributed by atoms with Gasteiger partial charge in [-0.05, 0) is 49.2 Å². The Bertz CT molecular complexity index is 1080. The molecule has 198 valence electrons. The molecule has 4 rings (SSSR count). The number of carbonyl (C=O) groups is 2. The predicted molar refractivity (Wildman–Crippen MR) is 143 cm³/mol. The fraction of sp³-hybridized carbons (Fsp3) is 0.464. The Kier molecular flexibility index (Phi) is 9.14. The highest BCUT2D eigenvalue weighted by atomic mass is 16.5. The monoisotopic (exact) mass is 507 g/mol. The smallest absolute Gasteiger partial charge is 0.317 e. The number of urea groups is 1. The van der Waals surface area contributed by atoms with Crippen molar-refractivity contribution >= 4 is 17.6 Å². The molecule has 37 heavy (non-hydrogen) atoms. The van der Waals surface area contributed by atoms with E-state index in [-0.39, 0.29) is 24.5 Å². The van der Waals surface area contributed by atoms with Crippen molar-refractivity contribution in [1.82, 2.24) is 20.1 Å². The van der Waals surface area contributed by atoms with Crippen LogP contribution in [-0.4, -0.2) is 92.1 Å². The third kappa shape index (κ3) is 6.87. The molecule has 9 nitrogen and oxygen atoms in total. The molecule has 3 amide bonds. The Balaban J connectivity index is 1.54. The van der Waals surface area contributed by atoms with Gasteiger partial charge in [-0.1, -0.05) is 29.8 Å². The van der Waals surface area contributed by atoms with Crippen LogP contribution in [-0.2, 0) is 9.53 Å². The minimum atomic E-state index is -0.241. The van der Waals surface area contributed by atoms with Gasteiger partial charge in [-0.3, -0.25) is 9.69 Å². The summed E-state index contributed by atoms with van der Waals surface area (Å²) in [6.45, 7) is 8.55. The van der Waals surface area contributed by atoms with Crippen molar-refractivity contribution in [2.45, 2.75) is 26.3 Å². The van der Waals surface area contributed by atoms with E-state index < -0.39 is 0 Å². The third-order valence-electron chi connectivity index (χ3n) is 6.78. The van der Waals surface area contributed by atoms with Crippen LogP contribution in [0.15, 0.2) is 53.6 Å². The van der Waals surface area contributed by atoms with Crippen molar-refractivity contribution in [3.05, 3.63) is 65.2 Å². The van der Waals surface area contributed by atoms with E-state index >= 15 is 0 Å². The highest BCUT2D eigenvalue weighted by Crippen LogP contribution is 2.33. The quantitative estimate of drug-likeness (QED) is 0.564. The number of hydrogen-bond acceptors (Lipinski definition) is 6. The molecule has 2 aromatic rings. The molecule has 2 aliphatic heterocycles. The standard InChI is InChI=1S/C28H37N5O4/c1-4-29-28(35)32(14-13-31-15-17-37-18-16-31)20-27(34)33-26(23-7-5-21(2)6-8-23)19-25(30-33)22-9-11-24(36-3)12-10-22/h5-12,26H,4,13-20H2,1-3H3,(H,29,35)/t26-/m0/s1. The third-order valence-corrected chi connectivity index (χ3v) is 6.78. The number of hydrazone groups is 1. The Morgan fingerprint density at radius 1 is 1.11 bits per heavy atom. The molecule has 1 saturated heterocycles. The maximum Gasteiger partial charge on any atom is 0.317 e. The molecule has 0 aliphatic carbocycles. The van der Waals surface area contributed by atoms with Gasteiger partial charge < -0.3 is 19.7 Å². The van der Waals surface area contributed by atoms with Gasteiger partial charge in [0.1, 0.15) is 12.3 Å². The topological polar surface area (TPSA) is 86.7 Å². The highest BCUT2D eigenvalue weighted by molar-refractivity contribution is 6.03. The minimum Gasteiger partial charge on any atom is -0.497 e. The summed E-state index contributed by atoms with van der Waals surface area (Å²) in [6, 6.07) is 15.4. The lowest BCUT2D eigenvalue weighted by Gasteiger charge is -2.31. The molecule has 0 radical (unpaired) electrons. The lowest BCUT2D eigenvalue weighted by atomic mass is 9.97. The van der Waals surface area contributed by atoms with Crippen LogP contribution in [0.1, 0.15) is 36.1 Å². The number of nitrogens with zero attached hydrogens (tertiary/aromatic N) is 4. The summed E-state index contributed by atoms with van der Waals surface area (Å²) >= 11 is 0. The van der Waals surface area contributed by atoms with E-state index in [1.54, 1.807) is 17.0 Å². The number of morpholine rings is 1. The van der Waals surface area contributed by atoms with E-state index in [0.717, 1.165) is 41.2 Å². The molecule has 0 spiro atoms. The van der Waals surface area contributed by atoms with Crippen molar-refractivity contribution < 1.29 is 19.1 Å². The number of nitrogens with one attached hydrogen (secondary N) is 1. The van der Waals surface area contributed by atoms with Crippen LogP contribution in [0, 0.1) is 6.92 Å². The Labute approximate surface area is 219 Å². The first-order valence-corrected chi connectivity index (χ1v) is 12.9. The van der Waals surface area contributed by atoms with Gasteiger partial charge in [-0.25, -0.2) is 9.80 Å². The van der Waals surface area contributed by atoms with Gasteiger partial charge in [0.25, 0.3) is 5.91 Å². The SMILES string of the molecule is CCNC(=O)N(CCN1CCOCC1)CC(=O)N1N=C(c2ccc(OC)cc2)C[C@H]1c1ccc(C)cc1. The average Bonchev–Trinajstić information content (AvgIpc) is 3.38. The summed E-state index contributed by atoms with van der Waals surface area (Å²) in [4.78, 5) is 30.4. The molecule has 0 saturated carbocycles. The number of hydrogen-bond donors (Lipinski definition) is 1. The molecule has 9 heteroatoms. The van der Waals surface area contributed by atoms with E-state index in [4.69, 9.17) is 14.6 Å². The number of benzene rings is 2. The molecule has 0 aromatic heterocycles. The Morgan fingerprint density at radius 2 is 1.81 bits per heavy atom. The molecule has 2 heterocycles. The molecule has 0 unspecified atom stereocenters. The number of amides is 3. The summed E-state index contributed by atoms with van der Waals surface area (Å²) in [6.07, 6.45) is 0.593. The lowest BCUT2D eigenvalue weighted by Crippen LogP contribution is -2.49. The van der Waals surface area contributed by atoms with Gasteiger partial charge in [0.15, 0.2) is 0 Å². The van der Waals surface area contributed by atoms with Crippen molar-refractivity contribution in [2.75, 3.05) is 59.6 Å². The summed E-state index contributed by atoms with van der Waals surface area (Å²) in [5.74, 6) is 0.561. The first-order chi connectivity index (χ1) is 18.0. The van der Waals surface area contributed by atoms with Crippen molar-refractivity contribution in [3.8, 4) is 5.75 Å². The van der Waals surface area contributed by atoms with Crippen LogP contribution in [0.2, 0.25) is 0 Å². The summed E-state index contributed by atoms with van der Waals surface area (Å²) in [5, 5.41) is 9.19. The summed E-state index contributed by atoms with van der Waals surface area (Å²) < 4.78 is 10.7. The largest absolute Gasteiger partial charge is 0.497 e. The van der Waals surface area contributed by atoms with Gasteiger partial charge in [-0.2, -0.15) is 5.10 Å². The maximum absolute atomic E-state index is 13.7. The summed E-state index contributed by atoms with van der Waals surface area (Å²) in [7, 11) is 1.63. The molecule has 1 atom stereocenters. The second-order valence-corrected chi connectivity index (χ2v) is 9.36. The zero-order chi connectivity index (χ0) is 26.2. The number of rotatable bonds is 9. The van der Waals surface area contributed by atoms with Crippen LogP contribution in [0.25, 0.3) is 0 Å². The molecule has 1 fully saturated rings. The molecule has 1 N–H and O–H groups in total. The Hall–Kier alpha value is -3.43. The zero-order valence-corrected chi connectivity index (χ0v) is 22.0. The molecular weight excluding hydrogens is 470 g/mol. The zero-order valence-electron chi connectivity index (χ0n) is 22.0. The van der Waals surface area contributed by atoms with Crippen LogP contribution in [0.5, 0.6) is 5.75 Å². The van der Waals surface area contributed by atoms with E-state index in [1.807, 2.05) is 62.4 Å². The maximum atomic E-state index is 13.7. The normalized spacial score (nSPS) is 17.9. The van der Waals surface area contributed by atoms with E-state index in [9.17, 15) is 9.59 Å². The molecule has 2 aliphatic rings. The Morgan fingerprint density at radius 3 is 2.46 bits per heavy atom. The van der Waals surface area contributed by atoms with E-state index in [1.165, 1.54) is 0 Å². The summed E-state index contributed by atoms with van der Waals surface area (Å²) in [5.41, 5.74) is 3.95. The second kappa shape index (κ2) is 12.7. The van der Waals surface area contributed by atoms with Crippen LogP contribution >= 0.6 is 0 Å². The number of aryl methyl sites for hydroxylation is 1. The van der Waals surface area contributed by atoms with Crippen LogP contribution in [0.3, 0.4) is 0 Å².